The summed E-state index contributed by atoms with van der Waals surface area (Å²) in [5, 5.41) is 7.34. The van der Waals surface area contributed by atoms with Crippen LogP contribution in [0.3, 0.4) is 0 Å². The Morgan fingerprint density at radius 2 is 1.90 bits per heavy atom. The van der Waals surface area contributed by atoms with Crippen LogP contribution >= 0.6 is 8.58 Å². The maximum Gasteiger partial charge on any atom is 0.0260 e. The first kappa shape index (κ1) is 8.20. The Kier molecular flexibility index (Phi) is 3.34. The molecule has 0 radical (unpaired) electrons. The fraction of sp³-hybridized carbons (Fsp3) is 0.875. The van der Waals surface area contributed by atoms with Crippen LogP contribution in [0.4, 0.5) is 0 Å². The van der Waals surface area contributed by atoms with E-state index < -0.39 is 0 Å². The van der Waals surface area contributed by atoms with Crippen LogP contribution < -0.4 is 0 Å². The summed E-state index contributed by atoms with van der Waals surface area (Å²) in [6.45, 7) is 1.94. The molecule has 1 unspecified atom stereocenters. The third-order valence-corrected chi connectivity index (χ3v) is 3.44. The molecule has 0 spiro atoms. The van der Waals surface area contributed by atoms with Gasteiger partial charge in [0.25, 0.3) is 0 Å². The van der Waals surface area contributed by atoms with Crippen molar-refractivity contribution in [3.63, 3.8) is 0 Å². The topological polar surface area (TPSA) is 23.9 Å². The fourth-order valence-corrected chi connectivity index (χ4v) is 2.86. The summed E-state index contributed by atoms with van der Waals surface area (Å²) in [5.74, 6) is 0. The molecular weight excluding hydrogens is 141 g/mol. The quantitative estimate of drug-likeness (QED) is 0.470. The first-order chi connectivity index (χ1) is 4.79. The van der Waals surface area contributed by atoms with Crippen LogP contribution in [0.2, 0.25) is 0 Å². The molecule has 0 heterocycles. The van der Waals surface area contributed by atoms with Gasteiger partial charge in [-0.3, -0.25) is 0 Å². The second-order valence-electron chi connectivity index (χ2n) is 3.10. The van der Waals surface area contributed by atoms with Gasteiger partial charge in [0.15, 0.2) is 0 Å². The highest BCUT2D eigenvalue weighted by Gasteiger charge is 2.12. The van der Waals surface area contributed by atoms with Crippen molar-refractivity contribution in [2.45, 2.75) is 44.7 Å². The molecule has 1 nitrogen and oxygen atoms in total. The highest BCUT2D eigenvalue weighted by atomic mass is 31.1. The number of rotatable bonds is 2. The van der Waals surface area contributed by atoms with E-state index in [1.165, 1.54) is 32.1 Å². The van der Waals surface area contributed by atoms with Gasteiger partial charge in [0, 0.05) is 5.45 Å². The van der Waals surface area contributed by atoms with Crippen LogP contribution in [0.15, 0.2) is 0 Å². The van der Waals surface area contributed by atoms with E-state index in [0.29, 0.717) is 0 Å². The molecule has 1 atom stereocenters. The molecule has 2 heteroatoms. The third-order valence-electron chi connectivity index (χ3n) is 2.03. The van der Waals surface area contributed by atoms with E-state index in [0.717, 1.165) is 19.7 Å². The van der Waals surface area contributed by atoms with Gasteiger partial charge in [0.2, 0.25) is 0 Å². The second-order valence-corrected chi connectivity index (χ2v) is 4.96. The maximum atomic E-state index is 7.34. The Morgan fingerprint density at radius 3 is 2.40 bits per heavy atom. The summed E-state index contributed by atoms with van der Waals surface area (Å²) in [6, 6.07) is 0. The van der Waals surface area contributed by atoms with E-state index in [-0.39, 0.29) is 0 Å². The summed E-state index contributed by atoms with van der Waals surface area (Å²) in [7, 11) is 0.821. The second kappa shape index (κ2) is 4.08. The molecule has 1 saturated carbocycles. The van der Waals surface area contributed by atoms with Crippen molar-refractivity contribution in [3.05, 3.63) is 0 Å². The van der Waals surface area contributed by atoms with Gasteiger partial charge in [0.05, 0.1) is 0 Å². The Labute approximate surface area is 64.9 Å². The minimum atomic E-state index is 0.821. The van der Waals surface area contributed by atoms with Gasteiger partial charge >= 0.3 is 0 Å². The Balaban J connectivity index is 2.19. The Hall–Kier alpha value is 0.100. The molecular formula is C8H16NP. The summed E-state index contributed by atoms with van der Waals surface area (Å²) in [6.07, 6.45) is 7.01. The number of hydrogen-bond acceptors (Lipinski definition) is 1. The van der Waals surface area contributed by atoms with Crippen molar-refractivity contribution in [3.8, 4) is 0 Å². The summed E-state index contributed by atoms with van der Waals surface area (Å²) >= 11 is 0. The molecule has 1 fully saturated rings. The molecule has 0 aliphatic heterocycles. The highest BCUT2D eigenvalue weighted by Crippen LogP contribution is 2.32. The monoisotopic (exact) mass is 157 g/mol. The minimum Gasteiger partial charge on any atom is -0.306 e. The van der Waals surface area contributed by atoms with Gasteiger partial charge in [-0.15, -0.1) is 0 Å². The smallest absolute Gasteiger partial charge is 0.0260 e. The normalized spacial score (nSPS) is 22.1. The minimum absolute atomic E-state index is 0.821. The number of nitrogens with one attached hydrogen (secondary N) is 1. The van der Waals surface area contributed by atoms with Crippen LogP contribution in [0, 0.1) is 5.41 Å². The van der Waals surface area contributed by atoms with Gasteiger partial charge in [-0.25, -0.2) is 0 Å². The van der Waals surface area contributed by atoms with E-state index in [9.17, 15) is 0 Å². The number of hydrogen-bond donors (Lipinski definition) is 1. The highest BCUT2D eigenvalue weighted by molar-refractivity contribution is 7.58. The average molecular weight is 157 g/mol. The maximum absolute atomic E-state index is 7.34. The molecule has 0 amide bonds. The van der Waals surface area contributed by atoms with Crippen molar-refractivity contribution in [2.75, 3.05) is 0 Å². The van der Waals surface area contributed by atoms with E-state index in [4.69, 9.17) is 5.41 Å². The zero-order valence-corrected chi connectivity index (χ0v) is 7.61. The first-order valence-electron chi connectivity index (χ1n) is 4.11. The largest absolute Gasteiger partial charge is 0.306 e. The molecule has 0 aromatic carbocycles. The van der Waals surface area contributed by atoms with E-state index in [2.05, 4.69) is 0 Å². The molecule has 1 rings (SSSR count). The molecule has 0 saturated heterocycles. The average Bonchev–Trinajstić information content (AvgIpc) is 1.88. The van der Waals surface area contributed by atoms with Crippen LogP contribution in [-0.2, 0) is 0 Å². The first-order valence-corrected chi connectivity index (χ1v) is 5.18. The SMILES string of the molecule is CC(=N)PC1CCCCC1. The zero-order valence-electron chi connectivity index (χ0n) is 6.61. The molecule has 0 bridgehead atoms. The molecule has 1 aliphatic carbocycles. The molecule has 1 N–H and O–H groups in total. The lowest BCUT2D eigenvalue weighted by Crippen LogP contribution is -2.07. The predicted octanol–water partition coefficient (Wildman–Crippen LogP) is 2.99. The fourth-order valence-electron chi connectivity index (χ4n) is 1.55. The molecule has 0 aromatic rings. The van der Waals surface area contributed by atoms with E-state index in [1.807, 2.05) is 6.92 Å². The van der Waals surface area contributed by atoms with Crippen LogP contribution in [0.5, 0.6) is 0 Å². The molecule has 10 heavy (non-hydrogen) atoms. The van der Waals surface area contributed by atoms with Gasteiger partial charge in [-0.2, -0.15) is 0 Å². The van der Waals surface area contributed by atoms with Gasteiger partial charge < -0.3 is 5.41 Å². The van der Waals surface area contributed by atoms with Crippen LogP contribution in [-0.4, -0.2) is 11.1 Å². The molecule has 0 aromatic heterocycles. The van der Waals surface area contributed by atoms with Crippen LogP contribution in [0.1, 0.15) is 39.0 Å². The van der Waals surface area contributed by atoms with E-state index >= 15 is 0 Å². The third kappa shape index (κ3) is 2.79. The lowest BCUT2D eigenvalue weighted by molar-refractivity contribution is 0.515. The van der Waals surface area contributed by atoms with Crippen molar-refractivity contribution in [1.82, 2.24) is 0 Å². The van der Waals surface area contributed by atoms with Crippen molar-refractivity contribution < 1.29 is 0 Å². The van der Waals surface area contributed by atoms with Gasteiger partial charge in [0.1, 0.15) is 0 Å². The lowest BCUT2D eigenvalue weighted by Gasteiger charge is -2.20. The summed E-state index contributed by atoms with van der Waals surface area (Å²) < 4.78 is 0. The van der Waals surface area contributed by atoms with Gasteiger partial charge in [-0.1, -0.05) is 27.8 Å². The standard InChI is InChI=1S/C8H16NP/c1-7(9)10-8-5-3-2-4-6-8/h8-10H,2-6H2,1H3. The van der Waals surface area contributed by atoms with Crippen LogP contribution in [0.25, 0.3) is 0 Å². The summed E-state index contributed by atoms with van der Waals surface area (Å²) in [5.41, 5.74) is 1.78. The van der Waals surface area contributed by atoms with Crippen molar-refractivity contribution in [2.24, 2.45) is 0 Å². The Bertz CT molecular complexity index is 116. The molecule has 1 aliphatic rings. The van der Waals surface area contributed by atoms with E-state index in [1.54, 1.807) is 0 Å². The molecule has 58 valence electrons. The van der Waals surface area contributed by atoms with Crippen molar-refractivity contribution in [1.29, 1.82) is 5.41 Å². The zero-order chi connectivity index (χ0) is 7.40. The van der Waals surface area contributed by atoms with Crippen molar-refractivity contribution >= 4 is 14.0 Å². The predicted molar refractivity (Wildman–Crippen MR) is 48.6 cm³/mol. The van der Waals surface area contributed by atoms with Gasteiger partial charge in [-0.05, 0) is 25.4 Å². The Morgan fingerprint density at radius 1 is 1.30 bits per heavy atom. The lowest BCUT2D eigenvalue weighted by atomic mass is 10.0. The summed E-state index contributed by atoms with van der Waals surface area (Å²) in [4.78, 5) is 0.